The van der Waals surface area contributed by atoms with Crippen LogP contribution in [0.3, 0.4) is 0 Å². The minimum atomic E-state index is -0.206. The summed E-state index contributed by atoms with van der Waals surface area (Å²) in [6, 6.07) is 15.1. The summed E-state index contributed by atoms with van der Waals surface area (Å²) in [6.07, 6.45) is 0. The molecular weight excluding hydrogens is 302 g/mol. The Labute approximate surface area is 140 Å². The maximum absolute atomic E-state index is 11.6. The molecule has 1 aromatic heterocycles. The molecule has 5 nitrogen and oxygen atoms in total. The second kappa shape index (κ2) is 6.50. The Balaban J connectivity index is 1.80. The van der Waals surface area contributed by atoms with E-state index in [9.17, 15) is 4.79 Å². The van der Waals surface area contributed by atoms with Gasteiger partial charge >= 0.3 is 0 Å². The van der Waals surface area contributed by atoms with Crippen LogP contribution < -0.4 is 5.32 Å². The van der Waals surface area contributed by atoms with Crippen molar-refractivity contribution in [1.29, 1.82) is 0 Å². The van der Waals surface area contributed by atoms with E-state index >= 15 is 0 Å². The smallest absolute Gasteiger partial charge is 0.250 e. The molecule has 24 heavy (non-hydrogen) atoms. The van der Waals surface area contributed by atoms with Gasteiger partial charge in [-0.2, -0.15) is 0 Å². The number of amides is 1. The molecule has 1 heterocycles. The van der Waals surface area contributed by atoms with Crippen molar-refractivity contribution in [3.63, 3.8) is 0 Å². The van der Waals surface area contributed by atoms with E-state index in [-0.39, 0.29) is 5.91 Å². The number of carbonyl (C=O) groups is 1. The summed E-state index contributed by atoms with van der Waals surface area (Å²) in [4.78, 5) is 11.6. The van der Waals surface area contributed by atoms with Gasteiger partial charge in [0.05, 0.1) is 0 Å². The summed E-state index contributed by atoms with van der Waals surface area (Å²) >= 11 is 0. The number of aryl methyl sites for hydroxylation is 1. The maximum atomic E-state index is 11.6. The van der Waals surface area contributed by atoms with Crippen molar-refractivity contribution in [3.05, 3.63) is 66.2 Å². The second-order valence-corrected chi connectivity index (χ2v) is 5.59. The molecule has 0 aliphatic carbocycles. The van der Waals surface area contributed by atoms with Gasteiger partial charge in [-0.15, -0.1) is 10.2 Å². The van der Waals surface area contributed by atoms with Gasteiger partial charge in [-0.05, 0) is 50.2 Å². The van der Waals surface area contributed by atoms with Gasteiger partial charge in [-0.3, -0.25) is 4.79 Å². The lowest BCUT2D eigenvalue weighted by Gasteiger charge is -2.04. The van der Waals surface area contributed by atoms with Crippen molar-refractivity contribution in [3.8, 4) is 22.9 Å². The summed E-state index contributed by atoms with van der Waals surface area (Å²) in [7, 11) is 0. The zero-order valence-electron chi connectivity index (χ0n) is 13.5. The van der Waals surface area contributed by atoms with Crippen LogP contribution in [0.4, 0.5) is 5.69 Å². The highest BCUT2D eigenvalue weighted by atomic mass is 16.4. The van der Waals surface area contributed by atoms with Crippen LogP contribution in [0.2, 0.25) is 0 Å². The highest BCUT2D eigenvalue weighted by Crippen LogP contribution is 2.25. The number of nitrogens with zero attached hydrogens (tertiary/aromatic N) is 2. The molecule has 120 valence electrons. The normalized spacial score (nSPS) is 10.4. The molecule has 0 saturated heterocycles. The molecule has 3 rings (SSSR count). The van der Waals surface area contributed by atoms with Crippen LogP contribution in [0, 0.1) is 6.92 Å². The van der Waals surface area contributed by atoms with Gasteiger partial charge < -0.3 is 9.73 Å². The van der Waals surface area contributed by atoms with Crippen molar-refractivity contribution in [2.75, 3.05) is 5.32 Å². The zero-order valence-corrected chi connectivity index (χ0v) is 13.5. The Morgan fingerprint density at radius 1 is 1.04 bits per heavy atom. The number of benzene rings is 2. The largest absolute Gasteiger partial charge is 0.416 e. The van der Waals surface area contributed by atoms with Crippen molar-refractivity contribution in [1.82, 2.24) is 10.2 Å². The maximum Gasteiger partial charge on any atom is 0.250 e. The van der Waals surface area contributed by atoms with Gasteiger partial charge in [-0.25, -0.2) is 0 Å². The van der Waals surface area contributed by atoms with E-state index in [1.165, 1.54) is 0 Å². The fourth-order valence-electron chi connectivity index (χ4n) is 2.17. The quantitative estimate of drug-likeness (QED) is 0.731. The Morgan fingerprint density at radius 3 is 2.33 bits per heavy atom. The monoisotopic (exact) mass is 319 g/mol. The Morgan fingerprint density at radius 2 is 1.71 bits per heavy atom. The lowest BCUT2D eigenvalue weighted by Crippen LogP contribution is -2.11. The third-order valence-electron chi connectivity index (χ3n) is 3.47. The van der Waals surface area contributed by atoms with Gasteiger partial charge in [0.15, 0.2) is 0 Å². The van der Waals surface area contributed by atoms with Gasteiger partial charge in [0.2, 0.25) is 11.8 Å². The van der Waals surface area contributed by atoms with Crippen LogP contribution in [-0.2, 0) is 4.79 Å². The van der Waals surface area contributed by atoms with Crippen LogP contribution in [0.5, 0.6) is 0 Å². The van der Waals surface area contributed by atoms with Crippen LogP contribution in [0.15, 0.2) is 65.1 Å². The molecule has 1 N–H and O–H groups in total. The molecule has 0 atom stereocenters. The zero-order chi connectivity index (χ0) is 17.1. The number of anilines is 1. The van der Waals surface area contributed by atoms with Crippen LogP contribution in [0.1, 0.15) is 12.5 Å². The fourth-order valence-corrected chi connectivity index (χ4v) is 2.17. The average molecular weight is 319 g/mol. The number of aromatic nitrogens is 2. The number of hydrogen-bond acceptors (Lipinski definition) is 4. The summed E-state index contributed by atoms with van der Waals surface area (Å²) in [5.74, 6) is 0.708. The lowest BCUT2D eigenvalue weighted by molar-refractivity contribution is -0.112. The van der Waals surface area contributed by atoms with Gasteiger partial charge in [0.25, 0.3) is 5.91 Å². The second-order valence-electron chi connectivity index (χ2n) is 5.59. The fraction of sp³-hybridized carbons (Fsp3) is 0.105. The number of rotatable bonds is 4. The van der Waals surface area contributed by atoms with Crippen molar-refractivity contribution < 1.29 is 9.21 Å². The first-order chi connectivity index (χ1) is 11.5. The molecule has 0 fully saturated rings. The molecule has 0 aliphatic heterocycles. The minimum Gasteiger partial charge on any atom is -0.416 e. The summed E-state index contributed by atoms with van der Waals surface area (Å²) < 4.78 is 5.75. The minimum absolute atomic E-state index is 0.206. The van der Waals surface area contributed by atoms with Gasteiger partial charge in [-0.1, -0.05) is 24.3 Å². The molecule has 0 aliphatic rings. The van der Waals surface area contributed by atoms with Crippen molar-refractivity contribution in [2.45, 2.75) is 13.8 Å². The molecule has 0 radical (unpaired) electrons. The first-order valence-corrected chi connectivity index (χ1v) is 7.51. The Hall–Kier alpha value is -3.21. The third kappa shape index (κ3) is 3.41. The predicted molar refractivity (Wildman–Crippen MR) is 93.4 cm³/mol. The molecule has 0 bridgehead atoms. The summed E-state index contributed by atoms with van der Waals surface area (Å²) in [5, 5.41) is 10.9. The van der Waals surface area contributed by atoms with E-state index < -0.39 is 0 Å². The van der Waals surface area contributed by atoms with Crippen molar-refractivity contribution in [2.24, 2.45) is 0 Å². The van der Waals surface area contributed by atoms with E-state index in [4.69, 9.17) is 4.42 Å². The SMILES string of the molecule is C=C(C)C(=O)Nc1ccc(-c2nnc(-c3cccc(C)c3)o2)cc1. The number of carbonyl (C=O) groups excluding carboxylic acids is 1. The van der Waals surface area contributed by atoms with Crippen molar-refractivity contribution >= 4 is 11.6 Å². The molecule has 1 amide bonds. The molecule has 2 aromatic carbocycles. The number of hydrogen-bond donors (Lipinski definition) is 1. The van der Waals surface area contributed by atoms with E-state index in [1.54, 1.807) is 19.1 Å². The summed E-state index contributed by atoms with van der Waals surface area (Å²) in [5.41, 5.74) is 3.95. The first-order valence-electron chi connectivity index (χ1n) is 7.51. The molecule has 0 unspecified atom stereocenters. The molecule has 3 aromatic rings. The third-order valence-corrected chi connectivity index (χ3v) is 3.47. The van der Waals surface area contributed by atoms with Gasteiger partial charge in [0, 0.05) is 22.4 Å². The molecule has 5 heteroatoms. The van der Waals surface area contributed by atoms with Gasteiger partial charge in [0.1, 0.15) is 0 Å². The highest BCUT2D eigenvalue weighted by molar-refractivity contribution is 6.02. The highest BCUT2D eigenvalue weighted by Gasteiger charge is 2.11. The van der Waals surface area contributed by atoms with Crippen LogP contribution in [-0.4, -0.2) is 16.1 Å². The lowest BCUT2D eigenvalue weighted by atomic mass is 10.1. The average Bonchev–Trinajstić information content (AvgIpc) is 3.05. The standard InChI is InChI=1S/C19H17N3O2/c1-12(2)17(23)20-16-9-7-14(8-10-16)18-21-22-19(24-18)15-6-4-5-13(3)11-15/h4-11H,1H2,2-3H3,(H,20,23). The predicted octanol–water partition coefficient (Wildman–Crippen LogP) is 4.23. The van der Waals surface area contributed by atoms with E-state index in [2.05, 4.69) is 22.1 Å². The van der Waals surface area contributed by atoms with Crippen LogP contribution >= 0.6 is 0 Å². The van der Waals surface area contributed by atoms with E-state index in [0.29, 0.717) is 23.0 Å². The van der Waals surface area contributed by atoms with E-state index in [1.807, 2.05) is 43.3 Å². The molecule has 0 saturated carbocycles. The Kier molecular flexibility index (Phi) is 4.24. The topological polar surface area (TPSA) is 68.0 Å². The number of nitrogens with one attached hydrogen (secondary N) is 1. The first kappa shape index (κ1) is 15.7. The van der Waals surface area contributed by atoms with E-state index in [0.717, 1.165) is 16.7 Å². The summed E-state index contributed by atoms with van der Waals surface area (Å²) in [6.45, 7) is 7.28. The molecule has 0 spiro atoms. The van der Waals surface area contributed by atoms with Crippen LogP contribution in [0.25, 0.3) is 22.9 Å². The Bertz CT molecular complexity index is 895. The molecular formula is C19H17N3O2.